The number of nitrogens with zero attached hydrogens (tertiary/aromatic N) is 1. The van der Waals surface area contributed by atoms with E-state index < -0.39 is 17.8 Å². The van der Waals surface area contributed by atoms with Gasteiger partial charge in [-0.15, -0.1) is 0 Å². The summed E-state index contributed by atoms with van der Waals surface area (Å²) in [6.45, 7) is 10.4. The van der Waals surface area contributed by atoms with Crippen molar-refractivity contribution in [1.29, 1.82) is 0 Å². The van der Waals surface area contributed by atoms with E-state index in [1.165, 1.54) is 36.5 Å². The fraction of sp³-hybridized carbons (Fsp3) is 0.553. The highest BCUT2D eigenvalue weighted by Crippen LogP contribution is 2.28. The van der Waals surface area contributed by atoms with Crippen LogP contribution in [0, 0.1) is 23.6 Å². The van der Waals surface area contributed by atoms with E-state index in [4.69, 9.17) is 37.9 Å². The highest BCUT2D eigenvalue weighted by atomic mass is 19.1. The molecule has 0 saturated heterocycles. The van der Waals surface area contributed by atoms with Crippen molar-refractivity contribution in [2.45, 2.75) is 109 Å². The van der Waals surface area contributed by atoms with Gasteiger partial charge in [-0.2, -0.15) is 0 Å². The number of ether oxygens (including phenoxy) is 8. The van der Waals surface area contributed by atoms with Crippen molar-refractivity contribution in [2.24, 2.45) is 5.92 Å². The molecule has 2 aromatic rings. The summed E-state index contributed by atoms with van der Waals surface area (Å²) in [6.07, 6.45) is 18.9. The molecular formula is C47H62FNO12. The summed E-state index contributed by atoms with van der Waals surface area (Å²) in [4.78, 5) is 51.1. The second-order valence-electron chi connectivity index (χ2n) is 14.4. The van der Waals surface area contributed by atoms with Crippen LogP contribution in [0.2, 0.25) is 0 Å². The number of carbonyl (C=O) groups is 4. The molecule has 334 valence electrons. The highest BCUT2D eigenvalue weighted by molar-refractivity contribution is 5.90. The van der Waals surface area contributed by atoms with E-state index in [1.54, 1.807) is 6.07 Å². The van der Waals surface area contributed by atoms with Gasteiger partial charge < -0.3 is 37.9 Å². The van der Waals surface area contributed by atoms with Crippen LogP contribution in [0.25, 0.3) is 0 Å². The van der Waals surface area contributed by atoms with Crippen molar-refractivity contribution in [3.63, 3.8) is 0 Å². The first-order valence-corrected chi connectivity index (χ1v) is 21.5. The van der Waals surface area contributed by atoms with E-state index >= 15 is 0 Å². The average molecular weight is 852 g/mol. The topological polar surface area (TPSA) is 155 Å². The molecule has 1 saturated carbocycles. The molecule has 0 aliphatic heterocycles. The van der Waals surface area contributed by atoms with Crippen LogP contribution in [-0.2, 0) is 42.9 Å². The Bertz CT molecular complexity index is 1680. The fourth-order valence-corrected chi connectivity index (χ4v) is 6.26. The van der Waals surface area contributed by atoms with Gasteiger partial charge in [0.2, 0.25) is 5.88 Å². The van der Waals surface area contributed by atoms with Crippen molar-refractivity contribution < 1.29 is 61.5 Å². The lowest BCUT2D eigenvalue weighted by atomic mass is 9.87. The molecule has 1 heterocycles. The Labute approximate surface area is 359 Å². The molecule has 1 aliphatic carbocycles. The normalized spacial score (nSPS) is 14.5. The van der Waals surface area contributed by atoms with Crippen LogP contribution in [0.5, 0.6) is 17.4 Å². The first-order chi connectivity index (χ1) is 29.8. The molecule has 13 nitrogen and oxygen atoms in total. The van der Waals surface area contributed by atoms with E-state index in [0.717, 1.165) is 96.0 Å². The van der Waals surface area contributed by atoms with Crippen LogP contribution in [0.1, 0.15) is 108 Å². The summed E-state index contributed by atoms with van der Waals surface area (Å²) >= 11 is 0. The van der Waals surface area contributed by atoms with Crippen LogP contribution in [-0.4, -0.2) is 87.8 Å². The molecule has 1 aromatic heterocycles. The minimum atomic E-state index is -0.919. The third-order valence-corrected chi connectivity index (χ3v) is 9.64. The Kier molecular flexibility index (Phi) is 26.1. The smallest absolute Gasteiger partial charge is 0.391 e. The van der Waals surface area contributed by atoms with E-state index in [9.17, 15) is 23.6 Å². The molecule has 1 aliphatic rings. The molecule has 1 fully saturated rings. The summed E-state index contributed by atoms with van der Waals surface area (Å²) in [5.41, 5.74) is 0.0266. The van der Waals surface area contributed by atoms with E-state index in [-0.39, 0.29) is 47.8 Å². The molecule has 0 unspecified atom stereocenters. The Morgan fingerprint density at radius 2 is 1.23 bits per heavy atom. The summed E-state index contributed by atoms with van der Waals surface area (Å²) < 4.78 is 57.7. The molecule has 0 amide bonds. The second kappa shape index (κ2) is 31.7. The number of esters is 4. The number of benzene rings is 1. The highest BCUT2D eigenvalue weighted by Gasteiger charge is 2.28. The monoisotopic (exact) mass is 851 g/mol. The van der Waals surface area contributed by atoms with Gasteiger partial charge in [0.1, 0.15) is 23.9 Å². The lowest BCUT2D eigenvalue weighted by Gasteiger charge is -2.27. The van der Waals surface area contributed by atoms with E-state index in [2.05, 4.69) is 30.0 Å². The van der Waals surface area contributed by atoms with Crippen molar-refractivity contribution in [3.8, 4) is 29.2 Å². The number of hydrogen-bond acceptors (Lipinski definition) is 13. The summed E-state index contributed by atoms with van der Waals surface area (Å²) in [5.74, 6) is 2.39. The van der Waals surface area contributed by atoms with Crippen molar-refractivity contribution in [2.75, 3.05) is 52.9 Å². The van der Waals surface area contributed by atoms with Gasteiger partial charge in [-0.3, -0.25) is 4.79 Å². The number of unbranched alkanes of at least 4 members (excludes halogenated alkanes) is 10. The predicted molar refractivity (Wildman–Crippen MR) is 225 cm³/mol. The third kappa shape index (κ3) is 23.5. The molecule has 1 aromatic carbocycles. The largest absolute Gasteiger partial charge is 0.493 e. The number of hydrogen-bond donors (Lipinski definition) is 0. The second-order valence-corrected chi connectivity index (χ2v) is 14.4. The molecule has 0 atom stereocenters. The molecule has 14 heteroatoms. The number of halogens is 1. The van der Waals surface area contributed by atoms with Gasteiger partial charge in [-0.05, 0) is 76.0 Å². The van der Waals surface area contributed by atoms with Gasteiger partial charge in [-0.1, -0.05) is 64.0 Å². The predicted octanol–water partition coefficient (Wildman–Crippen LogP) is 8.21. The lowest BCUT2D eigenvalue weighted by molar-refractivity contribution is -0.141. The molecule has 3 rings (SSSR count). The summed E-state index contributed by atoms with van der Waals surface area (Å²) in [6, 6.07) is 7.19. The number of rotatable bonds is 31. The Morgan fingerprint density at radius 3 is 1.89 bits per heavy atom. The average Bonchev–Trinajstić information content (AvgIpc) is 3.27. The zero-order chi connectivity index (χ0) is 43.8. The van der Waals surface area contributed by atoms with E-state index in [1.807, 2.05) is 0 Å². The summed E-state index contributed by atoms with van der Waals surface area (Å²) in [5, 5.41) is 0. The minimum Gasteiger partial charge on any atom is -0.493 e. The Morgan fingerprint density at radius 1 is 0.656 bits per heavy atom. The van der Waals surface area contributed by atoms with Gasteiger partial charge >= 0.3 is 23.9 Å². The minimum absolute atomic E-state index is 0.0266. The maximum atomic E-state index is 14.7. The maximum Gasteiger partial charge on any atom is 0.391 e. The maximum absolute atomic E-state index is 14.7. The van der Waals surface area contributed by atoms with Gasteiger partial charge in [-0.25, -0.2) is 23.8 Å². The van der Waals surface area contributed by atoms with Gasteiger partial charge in [0.05, 0.1) is 56.8 Å². The zero-order valence-corrected chi connectivity index (χ0v) is 35.4. The van der Waals surface area contributed by atoms with Crippen LogP contribution >= 0.6 is 0 Å². The van der Waals surface area contributed by atoms with Crippen molar-refractivity contribution in [1.82, 2.24) is 4.98 Å². The third-order valence-electron chi connectivity index (χ3n) is 9.64. The Hall–Kier alpha value is -5.10. The quantitative estimate of drug-likeness (QED) is 0.0310. The van der Waals surface area contributed by atoms with Gasteiger partial charge in [0, 0.05) is 43.4 Å². The van der Waals surface area contributed by atoms with Crippen molar-refractivity contribution in [3.05, 3.63) is 73.2 Å². The van der Waals surface area contributed by atoms with Gasteiger partial charge in [0.25, 0.3) is 0 Å². The molecule has 0 bridgehead atoms. The number of aromatic nitrogens is 1. The summed E-state index contributed by atoms with van der Waals surface area (Å²) in [7, 11) is 0. The van der Waals surface area contributed by atoms with Gasteiger partial charge in [0.15, 0.2) is 0 Å². The SMILES string of the molecule is C=CC(=O)OCCCCCCCCCCCOc1ccc(C#CC(=O)Oc2ccc(OC(=O)C3CCC(OCCCCCOCCOCCOC(=O)C=C)CC3)cn2)c(F)c1. The van der Waals surface area contributed by atoms with Crippen LogP contribution in [0.3, 0.4) is 0 Å². The lowest BCUT2D eigenvalue weighted by Crippen LogP contribution is -2.29. The van der Waals surface area contributed by atoms with Crippen LogP contribution in [0.15, 0.2) is 61.8 Å². The number of pyridine rings is 1. The molecule has 61 heavy (non-hydrogen) atoms. The molecular weight excluding hydrogens is 790 g/mol. The molecule has 0 spiro atoms. The van der Waals surface area contributed by atoms with Crippen LogP contribution < -0.4 is 14.2 Å². The first kappa shape index (κ1) is 50.3. The van der Waals surface area contributed by atoms with Crippen LogP contribution in [0.4, 0.5) is 4.39 Å². The number of carbonyl (C=O) groups excluding carboxylic acids is 4. The zero-order valence-electron chi connectivity index (χ0n) is 35.4. The van der Waals surface area contributed by atoms with E-state index in [0.29, 0.717) is 64.8 Å². The molecule has 0 N–H and O–H groups in total. The fourth-order valence-electron chi connectivity index (χ4n) is 6.26. The molecule has 0 radical (unpaired) electrons. The Balaban J connectivity index is 1.20. The first-order valence-electron chi connectivity index (χ1n) is 21.5. The standard InChI is InChI=1S/C47H62FNO12/c1-3-44(50)58-30-15-11-9-7-5-6-8-10-14-29-57-40-23-17-37(42(48)35-40)20-26-46(52)61-43-25-24-41(36-49-43)60-47(53)38-18-21-39(22-19-38)56-28-16-12-13-27-54-31-32-55-33-34-59-45(51)4-2/h3-4,17,23-25,35-36,38-39H,1-2,5-16,18-19,21-22,27-34H2. The van der Waals surface area contributed by atoms with Crippen molar-refractivity contribution >= 4 is 23.9 Å².